The van der Waals surface area contributed by atoms with E-state index in [4.69, 9.17) is 9.47 Å². The van der Waals surface area contributed by atoms with Gasteiger partial charge >= 0.3 is 0 Å². The van der Waals surface area contributed by atoms with Gasteiger partial charge in [0.2, 0.25) is 5.91 Å². The zero-order chi connectivity index (χ0) is 27.8. The van der Waals surface area contributed by atoms with Crippen LogP contribution < -0.4 is 5.32 Å². The molecule has 0 spiro atoms. The van der Waals surface area contributed by atoms with Crippen molar-refractivity contribution >= 4 is 5.91 Å². The highest BCUT2D eigenvalue weighted by atomic mass is 19.1. The van der Waals surface area contributed by atoms with Gasteiger partial charge in [-0.2, -0.15) is 0 Å². The number of hydrogen-bond acceptors (Lipinski definition) is 7. The topological polar surface area (TPSA) is 84.8 Å². The van der Waals surface area contributed by atoms with Gasteiger partial charge in [0.15, 0.2) is 0 Å². The molecular weight excluding hydrogens is 506 g/mol. The molecule has 4 rings (SSSR count). The van der Waals surface area contributed by atoms with Crippen molar-refractivity contribution in [3.05, 3.63) is 41.2 Å². The second-order valence-corrected chi connectivity index (χ2v) is 11.0. The van der Waals surface area contributed by atoms with E-state index in [1.165, 1.54) is 12.1 Å². The average Bonchev–Trinajstić information content (AvgIpc) is 3.32. The van der Waals surface area contributed by atoms with E-state index in [1.54, 1.807) is 11.8 Å². The molecule has 2 atom stereocenters. The van der Waals surface area contributed by atoms with E-state index in [-0.39, 0.29) is 17.9 Å². The van der Waals surface area contributed by atoms with Gasteiger partial charge in [0.25, 0.3) is 0 Å². The largest absolute Gasteiger partial charge is 0.385 e. The SMILES string of the molecule is COCCCCc1c(CN(CC(C)C)[C@@H]2CNC[C@H](C(=O)N3CCOCC3)C2)nnn1-c1cc(F)cc(F)c1. The molecule has 0 bridgehead atoms. The predicted octanol–water partition coefficient (Wildman–Crippen LogP) is 2.81. The van der Waals surface area contributed by atoms with Gasteiger partial charge in [-0.15, -0.1) is 5.10 Å². The fourth-order valence-corrected chi connectivity index (χ4v) is 5.55. The Labute approximate surface area is 229 Å². The molecule has 0 aliphatic carbocycles. The number of methoxy groups -OCH3 is 1. The monoisotopic (exact) mass is 548 g/mol. The number of morpholine rings is 1. The number of hydrogen-bond donors (Lipinski definition) is 1. The minimum Gasteiger partial charge on any atom is -0.385 e. The molecule has 0 saturated carbocycles. The number of ether oxygens (including phenoxy) is 2. The number of nitrogens with zero attached hydrogens (tertiary/aromatic N) is 5. The highest BCUT2D eigenvalue weighted by Crippen LogP contribution is 2.24. The van der Waals surface area contributed by atoms with Crippen molar-refractivity contribution in [2.24, 2.45) is 11.8 Å². The maximum Gasteiger partial charge on any atom is 0.227 e. The summed E-state index contributed by atoms with van der Waals surface area (Å²) in [7, 11) is 1.67. The molecule has 1 aromatic heterocycles. The Kier molecular flexibility index (Phi) is 10.8. The minimum absolute atomic E-state index is 0.0871. The molecular formula is C28H42F2N6O3. The fourth-order valence-electron chi connectivity index (χ4n) is 5.55. The molecule has 1 N–H and O–H groups in total. The van der Waals surface area contributed by atoms with Crippen LogP contribution in [-0.2, 0) is 27.2 Å². The van der Waals surface area contributed by atoms with Gasteiger partial charge < -0.3 is 19.7 Å². The summed E-state index contributed by atoms with van der Waals surface area (Å²) in [5, 5.41) is 12.3. The van der Waals surface area contributed by atoms with Crippen LogP contribution in [0.2, 0.25) is 0 Å². The van der Waals surface area contributed by atoms with Crippen LogP contribution >= 0.6 is 0 Å². The molecule has 3 heterocycles. The molecule has 2 aromatic rings. The number of carbonyl (C=O) groups excluding carboxylic acids is 1. The summed E-state index contributed by atoms with van der Waals surface area (Å²) in [5.41, 5.74) is 1.95. The normalized spacial score (nSPS) is 20.2. The number of piperidine rings is 1. The molecule has 1 aromatic carbocycles. The molecule has 9 nitrogen and oxygen atoms in total. The third-order valence-electron chi connectivity index (χ3n) is 7.42. The van der Waals surface area contributed by atoms with Gasteiger partial charge in [-0.05, 0) is 43.7 Å². The molecule has 2 fully saturated rings. The molecule has 0 radical (unpaired) electrons. The number of benzene rings is 1. The average molecular weight is 549 g/mol. The predicted molar refractivity (Wildman–Crippen MR) is 144 cm³/mol. The third-order valence-corrected chi connectivity index (χ3v) is 7.42. The Bertz CT molecular complexity index is 1060. The maximum absolute atomic E-state index is 14.1. The number of carbonyl (C=O) groups is 1. The first-order valence-corrected chi connectivity index (χ1v) is 14.1. The lowest BCUT2D eigenvalue weighted by Crippen LogP contribution is -2.54. The summed E-state index contributed by atoms with van der Waals surface area (Å²) >= 11 is 0. The second kappa shape index (κ2) is 14.2. The maximum atomic E-state index is 14.1. The molecule has 11 heteroatoms. The Morgan fingerprint density at radius 3 is 2.62 bits per heavy atom. The van der Waals surface area contributed by atoms with Crippen molar-refractivity contribution in [2.45, 2.75) is 52.1 Å². The van der Waals surface area contributed by atoms with Crippen molar-refractivity contribution < 1.29 is 23.0 Å². The molecule has 39 heavy (non-hydrogen) atoms. The summed E-state index contributed by atoms with van der Waals surface area (Å²) < 4.78 is 40.3. The standard InChI is InChI=1S/C28H42F2N6O3/c1-20(2)18-35(25-12-21(16-31-17-25)28(37)34-7-10-39-11-8-34)19-26-27(6-4-5-9-38-3)36(33-32-26)24-14-22(29)13-23(30)15-24/h13-15,20-21,25,31H,4-12,16-19H2,1-3H3/t21-,25+/m1/s1. The van der Waals surface area contributed by atoms with E-state index < -0.39 is 11.6 Å². The molecule has 2 saturated heterocycles. The van der Waals surface area contributed by atoms with Crippen LogP contribution in [0.1, 0.15) is 44.5 Å². The van der Waals surface area contributed by atoms with Gasteiger partial charge in [-0.25, -0.2) is 13.5 Å². The fraction of sp³-hybridized carbons (Fsp3) is 0.679. The first-order valence-electron chi connectivity index (χ1n) is 14.1. The van der Waals surface area contributed by atoms with Crippen LogP contribution in [0.3, 0.4) is 0 Å². The Morgan fingerprint density at radius 2 is 1.92 bits per heavy atom. The van der Waals surface area contributed by atoms with Crippen LogP contribution in [0.25, 0.3) is 5.69 Å². The van der Waals surface area contributed by atoms with E-state index in [9.17, 15) is 13.6 Å². The van der Waals surface area contributed by atoms with Crippen molar-refractivity contribution in [1.82, 2.24) is 30.1 Å². The summed E-state index contributed by atoms with van der Waals surface area (Å²) in [4.78, 5) is 17.6. The summed E-state index contributed by atoms with van der Waals surface area (Å²) in [6.07, 6.45) is 3.10. The van der Waals surface area contributed by atoms with E-state index in [2.05, 4.69) is 34.4 Å². The molecule has 0 unspecified atom stereocenters. The van der Waals surface area contributed by atoms with Gasteiger partial charge in [0, 0.05) is 65.1 Å². The van der Waals surface area contributed by atoms with Gasteiger partial charge in [0.05, 0.1) is 30.5 Å². The lowest BCUT2D eigenvalue weighted by molar-refractivity contribution is -0.140. The second-order valence-electron chi connectivity index (χ2n) is 11.0. The van der Waals surface area contributed by atoms with Crippen molar-refractivity contribution in [1.29, 1.82) is 0 Å². The Balaban J connectivity index is 1.56. The van der Waals surface area contributed by atoms with Crippen LogP contribution in [0, 0.1) is 23.5 Å². The van der Waals surface area contributed by atoms with E-state index in [0.29, 0.717) is 64.0 Å². The molecule has 1 amide bonds. The van der Waals surface area contributed by atoms with Crippen molar-refractivity contribution in [2.75, 3.05) is 59.7 Å². The van der Waals surface area contributed by atoms with Gasteiger partial charge in [-0.3, -0.25) is 9.69 Å². The van der Waals surface area contributed by atoms with Gasteiger partial charge in [0.1, 0.15) is 17.3 Å². The van der Waals surface area contributed by atoms with E-state index in [0.717, 1.165) is 49.8 Å². The molecule has 216 valence electrons. The lowest BCUT2D eigenvalue weighted by Gasteiger charge is -2.40. The van der Waals surface area contributed by atoms with Gasteiger partial charge in [-0.1, -0.05) is 19.1 Å². The Hall–Kier alpha value is -2.47. The number of nitrogens with one attached hydrogen (secondary N) is 1. The smallest absolute Gasteiger partial charge is 0.227 e. The van der Waals surface area contributed by atoms with Crippen LogP contribution in [0.5, 0.6) is 0 Å². The molecule has 2 aliphatic heterocycles. The van der Waals surface area contributed by atoms with E-state index >= 15 is 0 Å². The first kappa shape index (κ1) is 29.5. The summed E-state index contributed by atoms with van der Waals surface area (Å²) in [6.45, 7) is 10.3. The third kappa shape index (κ3) is 8.03. The van der Waals surface area contributed by atoms with Crippen molar-refractivity contribution in [3.63, 3.8) is 0 Å². The highest BCUT2D eigenvalue weighted by Gasteiger charge is 2.34. The summed E-state index contributed by atoms with van der Waals surface area (Å²) in [6, 6.07) is 3.56. The van der Waals surface area contributed by atoms with E-state index in [1.807, 2.05) is 4.90 Å². The number of halogens is 2. The minimum atomic E-state index is -0.655. The van der Waals surface area contributed by atoms with Crippen LogP contribution in [-0.4, -0.2) is 96.4 Å². The van der Waals surface area contributed by atoms with Crippen molar-refractivity contribution in [3.8, 4) is 5.69 Å². The summed E-state index contributed by atoms with van der Waals surface area (Å²) in [5.74, 6) is -0.803. The number of aromatic nitrogens is 3. The zero-order valence-electron chi connectivity index (χ0n) is 23.4. The van der Waals surface area contributed by atoms with Crippen LogP contribution in [0.4, 0.5) is 8.78 Å². The molecule has 2 aliphatic rings. The van der Waals surface area contributed by atoms with Crippen LogP contribution in [0.15, 0.2) is 18.2 Å². The highest BCUT2D eigenvalue weighted by molar-refractivity contribution is 5.79. The lowest BCUT2D eigenvalue weighted by atomic mass is 9.92. The number of amides is 1. The first-order chi connectivity index (χ1) is 18.9. The number of rotatable bonds is 12. The number of unbranched alkanes of at least 4 members (excludes halogenated alkanes) is 1. The Morgan fingerprint density at radius 1 is 1.18 bits per heavy atom. The quantitative estimate of drug-likeness (QED) is 0.409. The zero-order valence-corrected chi connectivity index (χ0v) is 23.4.